The number of hydrogen-bond acceptors (Lipinski definition) is 8. The van der Waals surface area contributed by atoms with E-state index < -0.39 is 0 Å². The third-order valence-corrected chi connectivity index (χ3v) is 7.50. The van der Waals surface area contributed by atoms with E-state index in [9.17, 15) is 4.79 Å². The molecular weight excluding hydrogens is 440 g/mol. The lowest BCUT2D eigenvalue weighted by Gasteiger charge is -2.35. The number of aromatic amines is 1. The second-order valence-electron chi connectivity index (χ2n) is 8.46. The molecule has 5 rings (SSSR count). The summed E-state index contributed by atoms with van der Waals surface area (Å²) in [5.74, 6) is 2.95. The Morgan fingerprint density at radius 3 is 2.66 bits per heavy atom. The molecule has 1 aliphatic heterocycles. The lowest BCUT2D eigenvalue weighted by molar-refractivity contribution is 0.243. The summed E-state index contributed by atoms with van der Waals surface area (Å²) in [7, 11) is 0. The van der Waals surface area contributed by atoms with Crippen molar-refractivity contribution in [3.8, 4) is 10.4 Å². The fourth-order valence-corrected chi connectivity index (χ4v) is 5.80. The van der Waals surface area contributed by atoms with Crippen LogP contribution in [0, 0.1) is 6.92 Å². The Bertz CT molecular complexity index is 1290. The summed E-state index contributed by atoms with van der Waals surface area (Å²) >= 11 is 3.18. The van der Waals surface area contributed by atoms with Crippen LogP contribution in [-0.4, -0.2) is 51.0 Å². The van der Waals surface area contributed by atoms with Crippen LogP contribution < -0.4 is 10.5 Å². The van der Waals surface area contributed by atoms with Gasteiger partial charge in [0.15, 0.2) is 0 Å². The van der Waals surface area contributed by atoms with Crippen LogP contribution in [-0.2, 0) is 6.54 Å². The highest BCUT2D eigenvalue weighted by Crippen LogP contribution is 2.33. The first kappa shape index (κ1) is 21.2. The number of nitrogens with one attached hydrogen (secondary N) is 1. The number of fused-ring (bicyclic) bond motifs is 1. The van der Waals surface area contributed by atoms with Gasteiger partial charge < -0.3 is 9.88 Å². The van der Waals surface area contributed by atoms with E-state index in [1.54, 1.807) is 11.3 Å². The molecule has 1 saturated heterocycles. The fraction of sp³-hybridized carbons (Fsp3) is 0.391. The average molecular weight is 467 g/mol. The van der Waals surface area contributed by atoms with E-state index in [1.165, 1.54) is 11.3 Å². The van der Waals surface area contributed by atoms with Crippen molar-refractivity contribution >= 4 is 38.7 Å². The van der Waals surface area contributed by atoms with Crippen molar-refractivity contribution in [2.75, 3.05) is 31.1 Å². The molecule has 5 heterocycles. The van der Waals surface area contributed by atoms with Crippen LogP contribution >= 0.6 is 22.7 Å². The number of aromatic nitrogens is 4. The Morgan fingerprint density at radius 2 is 1.94 bits per heavy atom. The van der Waals surface area contributed by atoms with Crippen LogP contribution in [0.3, 0.4) is 0 Å². The van der Waals surface area contributed by atoms with Crippen LogP contribution in [0.4, 0.5) is 5.82 Å². The third-order valence-electron chi connectivity index (χ3n) is 5.72. The highest BCUT2D eigenvalue weighted by Gasteiger charge is 2.21. The van der Waals surface area contributed by atoms with Crippen LogP contribution in [0.1, 0.15) is 37.1 Å². The lowest BCUT2D eigenvalue weighted by Crippen LogP contribution is -2.46. The van der Waals surface area contributed by atoms with Gasteiger partial charge in [-0.1, -0.05) is 19.9 Å². The van der Waals surface area contributed by atoms with Gasteiger partial charge >= 0.3 is 0 Å². The lowest BCUT2D eigenvalue weighted by atomic mass is 10.2. The van der Waals surface area contributed by atoms with Gasteiger partial charge in [-0.2, -0.15) is 0 Å². The summed E-state index contributed by atoms with van der Waals surface area (Å²) in [6.07, 6.45) is 0. The van der Waals surface area contributed by atoms with Gasteiger partial charge in [-0.3, -0.25) is 9.69 Å². The first-order chi connectivity index (χ1) is 15.5. The molecule has 0 bridgehead atoms. The van der Waals surface area contributed by atoms with E-state index in [-0.39, 0.29) is 5.56 Å². The Hall–Kier alpha value is -2.62. The molecule has 0 aromatic carbocycles. The fourth-order valence-electron chi connectivity index (χ4n) is 4.02. The van der Waals surface area contributed by atoms with Crippen LogP contribution in [0.15, 0.2) is 33.8 Å². The maximum absolute atomic E-state index is 12.8. The molecule has 7 nitrogen and oxygen atoms in total. The largest absolute Gasteiger partial charge is 0.354 e. The number of hydrogen-bond donors (Lipinski definition) is 1. The molecular formula is C23H26N6OS2. The molecule has 0 atom stereocenters. The quantitative estimate of drug-likeness (QED) is 0.474. The Morgan fingerprint density at radius 1 is 1.12 bits per heavy atom. The van der Waals surface area contributed by atoms with Crippen LogP contribution in [0.2, 0.25) is 0 Å². The van der Waals surface area contributed by atoms with Crippen molar-refractivity contribution in [3.05, 3.63) is 56.7 Å². The topological polar surface area (TPSA) is 78.0 Å². The van der Waals surface area contributed by atoms with Gasteiger partial charge in [-0.05, 0) is 18.4 Å². The molecule has 32 heavy (non-hydrogen) atoms. The molecule has 0 saturated carbocycles. The molecule has 0 spiro atoms. The van der Waals surface area contributed by atoms with E-state index in [2.05, 4.69) is 39.7 Å². The molecule has 9 heteroatoms. The summed E-state index contributed by atoms with van der Waals surface area (Å²) in [6, 6.07) is 6.12. The molecule has 1 N–H and O–H groups in total. The molecule has 1 aliphatic rings. The van der Waals surface area contributed by atoms with Gasteiger partial charge in [0.25, 0.3) is 5.56 Å². The summed E-state index contributed by atoms with van der Waals surface area (Å²) in [5, 5.41) is 4.77. The van der Waals surface area contributed by atoms with Crippen molar-refractivity contribution in [1.29, 1.82) is 0 Å². The molecule has 4 aromatic heterocycles. The Balaban J connectivity index is 1.29. The zero-order valence-corrected chi connectivity index (χ0v) is 20.1. The maximum Gasteiger partial charge on any atom is 0.260 e. The second kappa shape index (κ2) is 8.73. The maximum atomic E-state index is 12.8. The molecule has 0 unspecified atom stereocenters. The van der Waals surface area contributed by atoms with Crippen LogP contribution in [0.5, 0.6) is 0 Å². The predicted octanol–water partition coefficient (Wildman–Crippen LogP) is 4.26. The van der Waals surface area contributed by atoms with Crippen LogP contribution in [0.25, 0.3) is 20.7 Å². The average Bonchev–Trinajstić information content (AvgIpc) is 3.43. The molecule has 0 radical (unpaired) electrons. The summed E-state index contributed by atoms with van der Waals surface area (Å²) in [6.45, 7) is 10.5. The van der Waals surface area contributed by atoms with E-state index >= 15 is 0 Å². The zero-order valence-electron chi connectivity index (χ0n) is 18.5. The van der Waals surface area contributed by atoms with Gasteiger partial charge in [0.2, 0.25) is 0 Å². The SMILES string of the molecule is Cc1cc(N2CCN(Cc3nc4scc(-c5cccs5)c4c(=O)[nH]3)CC2)nc(C(C)C)n1. The van der Waals surface area contributed by atoms with Crippen molar-refractivity contribution in [1.82, 2.24) is 24.8 Å². The molecule has 0 aliphatic carbocycles. The second-order valence-corrected chi connectivity index (χ2v) is 10.3. The van der Waals surface area contributed by atoms with Crippen molar-refractivity contribution in [2.24, 2.45) is 0 Å². The van der Waals surface area contributed by atoms with E-state index in [4.69, 9.17) is 9.97 Å². The number of thiophene rings is 2. The van der Waals surface area contributed by atoms with Crippen molar-refractivity contribution in [3.63, 3.8) is 0 Å². The molecule has 4 aromatic rings. The predicted molar refractivity (Wildman–Crippen MR) is 132 cm³/mol. The van der Waals surface area contributed by atoms with Gasteiger partial charge in [-0.15, -0.1) is 22.7 Å². The smallest absolute Gasteiger partial charge is 0.260 e. The van der Waals surface area contributed by atoms with Gasteiger partial charge in [0, 0.05) is 59.7 Å². The molecule has 0 amide bonds. The standard InChI is InChI=1S/C23H26N6OS2/c1-14(2)21-24-15(3)11-19(27-21)29-8-6-28(7-9-29)12-18-25-22(30)20-16(13-32-23(20)26-18)17-5-4-10-31-17/h4-5,10-11,13-14H,6-9,12H2,1-3H3,(H,25,26,30). The third kappa shape index (κ3) is 4.20. The number of H-pyrrole nitrogens is 1. The summed E-state index contributed by atoms with van der Waals surface area (Å²) in [5.41, 5.74) is 1.94. The minimum absolute atomic E-state index is 0.0500. The van der Waals surface area contributed by atoms with Gasteiger partial charge in [0.1, 0.15) is 22.3 Å². The summed E-state index contributed by atoms with van der Waals surface area (Å²) < 4.78 is 0. The number of aryl methyl sites for hydroxylation is 1. The highest BCUT2D eigenvalue weighted by molar-refractivity contribution is 7.18. The zero-order chi connectivity index (χ0) is 22.2. The van der Waals surface area contributed by atoms with Gasteiger partial charge in [-0.25, -0.2) is 15.0 Å². The Labute approximate surface area is 194 Å². The van der Waals surface area contributed by atoms with E-state index in [0.29, 0.717) is 17.8 Å². The minimum atomic E-state index is -0.0500. The number of anilines is 1. The normalized spacial score (nSPS) is 15.2. The van der Waals surface area contributed by atoms with Gasteiger partial charge in [0.05, 0.1) is 11.9 Å². The monoisotopic (exact) mass is 466 g/mol. The minimum Gasteiger partial charge on any atom is -0.354 e. The molecule has 1 fully saturated rings. The number of piperazine rings is 1. The number of nitrogens with zero attached hydrogens (tertiary/aromatic N) is 5. The van der Waals surface area contributed by atoms with Crippen molar-refractivity contribution in [2.45, 2.75) is 33.2 Å². The first-order valence-electron chi connectivity index (χ1n) is 10.8. The molecule has 166 valence electrons. The van der Waals surface area contributed by atoms with E-state index in [0.717, 1.165) is 64.6 Å². The Kier molecular flexibility index (Phi) is 5.79. The first-order valence-corrected chi connectivity index (χ1v) is 12.6. The van der Waals surface area contributed by atoms with Crippen molar-refractivity contribution < 1.29 is 0 Å². The number of rotatable bonds is 5. The highest BCUT2D eigenvalue weighted by atomic mass is 32.1. The summed E-state index contributed by atoms with van der Waals surface area (Å²) in [4.78, 5) is 36.6. The van der Waals surface area contributed by atoms with E-state index in [1.807, 2.05) is 29.8 Å².